The number of carbonyl (C=O) groups is 1. The van der Waals surface area contributed by atoms with Crippen LogP contribution in [-0.4, -0.2) is 20.7 Å². The van der Waals surface area contributed by atoms with E-state index in [-0.39, 0.29) is 39.2 Å². The number of fused-ring (bicyclic) bond motifs is 1. The van der Waals surface area contributed by atoms with E-state index in [2.05, 4.69) is 36.1 Å². The number of carbonyl (C=O) groups excluding carboxylic acids is 1. The van der Waals surface area contributed by atoms with Crippen molar-refractivity contribution in [1.29, 1.82) is 0 Å². The third-order valence-electron chi connectivity index (χ3n) is 5.91. The Morgan fingerprint density at radius 3 is 2.55 bits per heavy atom. The van der Waals surface area contributed by atoms with E-state index in [9.17, 15) is 14.9 Å². The van der Waals surface area contributed by atoms with Crippen LogP contribution in [0.4, 0.5) is 22.9 Å². The van der Waals surface area contributed by atoms with Crippen LogP contribution >= 0.6 is 27.5 Å². The highest BCUT2D eigenvalue weighted by atomic mass is 79.9. The lowest BCUT2D eigenvalue weighted by Gasteiger charge is -2.11. The number of pyridine rings is 1. The maximum Gasteiger partial charge on any atom is 0.290 e. The zero-order chi connectivity index (χ0) is 27.0. The van der Waals surface area contributed by atoms with Crippen LogP contribution < -0.4 is 5.73 Å². The Kier molecular flexibility index (Phi) is 6.75. The Morgan fingerprint density at radius 2 is 1.82 bits per heavy atom. The average Bonchev–Trinajstić information content (AvgIpc) is 3.24. The van der Waals surface area contributed by atoms with Crippen LogP contribution in [0.3, 0.4) is 0 Å². The normalized spacial score (nSPS) is 11.3. The largest absolute Gasteiger partial charge is 0.383 e. The second-order valence-electron chi connectivity index (χ2n) is 8.39. The summed E-state index contributed by atoms with van der Waals surface area (Å²) in [6, 6.07) is 20.5. The summed E-state index contributed by atoms with van der Waals surface area (Å²) in [5.74, 6) is -0.274. The van der Waals surface area contributed by atoms with Crippen molar-refractivity contribution in [2.75, 3.05) is 5.73 Å². The number of rotatable bonds is 6. The highest BCUT2D eigenvalue weighted by molar-refractivity contribution is 9.10. The lowest BCUT2D eigenvalue weighted by molar-refractivity contribution is -0.384. The number of aryl methyl sites for hydroxylation is 1. The minimum absolute atomic E-state index is 0.0133. The van der Waals surface area contributed by atoms with Gasteiger partial charge in [-0.15, -0.1) is 5.11 Å². The number of ketones is 1. The van der Waals surface area contributed by atoms with Gasteiger partial charge in [0.2, 0.25) is 0 Å². The molecule has 0 fully saturated rings. The fourth-order valence-electron chi connectivity index (χ4n) is 4.11. The van der Waals surface area contributed by atoms with Crippen molar-refractivity contribution in [3.63, 3.8) is 0 Å². The van der Waals surface area contributed by atoms with Crippen LogP contribution in [0.2, 0.25) is 5.02 Å². The molecule has 5 aromatic rings. The van der Waals surface area contributed by atoms with E-state index in [1.165, 1.54) is 24.3 Å². The Labute approximate surface area is 229 Å². The Morgan fingerprint density at radius 1 is 1.08 bits per heavy atom. The van der Waals surface area contributed by atoms with Gasteiger partial charge in [0.1, 0.15) is 22.2 Å². The first-order valence-corrected chi connectivity index (χ1v) is 12.4. The summed E-state index contributed by atoms with van der Waals surface area (Å²) in [5, 5.41) is 20.5. The van der Waals surface area contributed by atoms with E-state index in [1.54, 1.807) is 0 Å². The van der Waals surface area contributed by atoms with Gasteiger partial charge in [-0.1, -0.05) is 57.9 Å². The molecule has 0 aliphatic carbocycles. The molecule has 3 aromatic carbocycles. The SMILES string of the molecule is Cc1[nH]c2ccccc2c1C(=O)c1cc(N=Nc2ccc(Cl)c([N+](=O)[O-])c2)c(-c2ccc(Br)cc2)nc1N. The maximum atomic E-state index is 13.7. The highest BCUT2D eigenvalue weighted by Crippen LogP contribution is 2.36. The quantitative estimate of drug-likeness (QED) is 0.0891. The molecule has 2 aromatic heterocycles. The summed E-state index contributed by atoms with van der Waals surface area (Å²) in [5.41, 5.74) is 9.77. The Balaban J connectivity index is 1.65. The fraction of sp³-hybridized carbons (Fsp3) is 0.0370. The average molecular weight is 590 g/mol. The molecule has 0 radical (unpaired) electrons. The number of nitrogens with zero attached hydrogens (tertiary/aromatic N) is 4. The third kappa shape index (κ3) is 4.79. The zero-order valence-corrected chi connectivity index (χ0v) is 22.1. The number of nitro groups is 1. The molecule has 0 saturated heterocycles. The van der Waals surface area contributed by atoms with Crippen molar-refractivity contribution in [3.8, 4) is 11.3 Å². The Bertz CT molecular complexity index is 1770. The maximum absolute atomic E-state index is 13.7. The van der Waals surface area contributed by atoms with Gasteiger partial charge in [-0.25, -0.2) is 4.98 Å². The van der Waals surface area contributed by atoms with Crippen LogP contribution in [0.25, 0.3) is 22.2 Å². The van der Waals surface area contributed by atoms with Crippen molar-refractivity contribution in [2.45, 2.75) is 6.92 Å². The molecule has 0 aliphatic heterocycles. The molecule has 0 aliphatic rings. The molecule has 2 heterocycles. The number of anilines is 1. The number of aromatic nitrogens is 2. The monoisotopic (exact) mass is 588 g/mol. The van der Waals surface area contributed by atoms with Gasteiger partial charge in [0, 0.05) is 32.7 Å². The molecular weight excluding hydrogens is 572 g/mol. The summed E-state index contributed by atoms with van der Waals surface area (Å²) >= 11 is 9.34. The van der Waals surface area contributed by atoms with Gasteiger partial charge in [0.25, 0.3) is 5.69 Å². The molecule has 11 heteroatoms. The minimum atomic E-state index is -0.598. The van der Waals surface area contributed by atoms with Crippen molar-refractivity contribution in [2.24, 2.45) is 10.2 Å². The number of nitrogens with two attached hydrogens (primary N) is 1. The van der Waals surface area contributed by atoms with E-state index < -0.39 is 4.92 Å². The standard InChI is InChI=1S/C27H18BrClN6O3/c1-14-24(18-4-2-3-5-21(18)31-14)26(36)19-13-22(25(32-27(19)30)15-6-8-16(28)9-7-15)34-33-17-10-11-20(29)23(12-17)35(37)38/h2-13,31H,1H3,(H2,30,32). The van der Waals surface area contributed by atoms with Gasteiger partial charge in [-0.2, -0.15) is 5.11 Å². The predicted octanol–water partition coefficient (Wildman–Crippen LogP) is 8.09. The number of para-hydroxylation sites is 1. The van der Waals surface area contributed by atoms with Crippen molar-refractivity contribution < 1.29 is 9.72 Å². The number of aromatic amines is 1. The smallest absolute Gasteiger partial charge is 0.290 e. The number of nitrogens with one attached hydrogen (secondary N) is 1. The zero-order valence-electron chi connectivity index (χ0n) is 19.8. The van der Waals surface area contributed by atoms with Gasteiger partial charge in [0.15, 0.2) is 5.78 Å². The van der Waals surface area contributed by atoms with Crippen LogP contribution in [0.15, 0.2) is 87.5 Å². The number of halogens is 2. The van der Waals surface area contributed by atoms with Crippen molar-refractivity contribution in [3.05, 3.63) is 109 Å². The lowest BCUT2D eigenvalue weighted by atomic mass is 9.99. The molecule has 0 amide bonds. The van der Waals surface area contributed by atoms with Crippen molar-refractivity contribution in [1.82, 2.24) is 9.97 Å². The van der Waals surface area contributed by atoms with E-state index >= 15 is 0 Å². The number of hydrogen-bond donors (Lipinski definition) is 2. The molecule has 5 rings (SSSR count). The molecule has 0 unspecified atom stereocenters. The molecule has 188 valence electrons. The van der Waals surface area contributed by atoms with E-state index in [0.717, 1.165) is 15.4 Å². The first-order valence-electron chi connectivity index (χ1n) is 11.3. The molecular formula is C27H18BrClN6O3. The fourth-order valence-corrected chi connectivity index (χ4v) is 4.56. The van der Waals surface area contributed by atoms with Crippen LogP contribution in [0.1, 0.15) is 21.6 Å². The first-order chi connectivity index (χ1) is 18.2. The molecule has 38 heavy (non-hydrogen) atoms. The van der Waals surface area contributed by atoms with Crippen LogP contribution in [-0.2, 0) is 0 Å². The second kappa shape index (κ2) is 10.2. The first kappa shape index (κ1) is 25.2. The number of H-pyrrole nitrogens is 1. The van der Waals surface area contributed by atoms with Gasteiger partial charge in [-0.05, 0) is 43.3 Å². The number of nitrogen functional groups attached to an aromatic ring is 1. The van der Waals surface area contributed by atoms with Gasteiger partial charge in [0.05, 0.1) is 21.7 Å². The minimum Gasteiger partial charge on any atom is -0.383 e. The van der Waals surface area contributed by atoms with Gasteiger partial charge in [-0.3, -0.25) is 14.9 Å². The molecule has 0 saturated carbocycles. The van der Waals surface area contributed by atoms with Gasteiger partial charge < -0.3 is 10.7 Å². The predicted molar refractivity (Wildman–Crippen MR) is 151 cm³/mol. The number of benzene rings is 3. The topological polar surface area (TPSA) is 140 Å². The summed E-state index contributed by atoms with van der Waals surface area (Å²) < 4.78 is 0.868. The van der Waals surface area contributed by atoms with E-state index in [1.807, 2.05) is 55.5 Å². The Hall–Kier alpha value is -4.41. The number of azo groups is 1. The third-order valence-corrected chi connectivity index (χ3v) is 6.76. The van der Waals surface area contributed by atoms with Crippen LogP contribution in [0, 0.1) is 17.0 Å². The number of hydrogen-bond acceptors (Lipinski definition) is 7. The summed E-state index contributed by atoms with van der Waals surface area (Å²) in [7, 11) is 0. The summed E-state index contributed by atoms with van der Waals surface area (Å²) in [4.78, 5) is 32.2. The van der Waals surface area contributed by atoms with E-state index in [4.69, 9.17) is 17.3 Å². The molecule has 0 atom stereocenters. The molecule has 9 nitrogen and oxygen atoms in total. The highest BCUT2D eigenvalue weighted by Gasteiger charge is 2.23. The van der Waals surface area contributed by atoms with Gasteiger partial charge >= 0.3 is 0 Å². The lowest BCUT2D eigenvalue weighted by Crippen LogP contribution is -2.08. The van der Waals surface area contributed by atoms with Crippen molar-refractivity contribution >= 4 is 67.1 Å². The van der Waals surface area contributed by atoms with E-state index in [0.29, 0.717) is 22.5 Å². The molecule has 0 bridgehead atoms. The summed E-state index contributed by atoms with van der Waals surface area (Å²) in [6.45, 7) is 1.82. The van der Waals surface area contributed by atoms with Crippen LogP contribution in [0.5, 0.6) is 0 Å². The molecule has 0 spiro atoms. The number of nitro benzene ring substituents is 1. The second-order valence-corrected chi connectivity index (χ2v) is 9.71. The molecule has 3 N–H and O–H groups in total. The summed E-state index contributed by atoms with van der Waals surface area (Å²) in [6.07, 6.45) is 0.